The van der Waals surface area contributed by atoms with Gasteiger partial charge in [0.1, 0.15) is 0 Å². The maximum Gasteiger partial charge on any atom is 0.00317 e. The van der Waals surface area contributed by atoms with Gasteiger partial charge in [0.15, 0.2) is 0 Å². The third-order valence-corrected chi connectivity index (χ3v) is 2.20. The average Bonchev–Trinajstić information content (AvgIpc) is 1.96. The van der Waals surface area contributed by atoms with Crippen LogP contribution in [0, 0.1) is 5.92 Å². The van der Waals surface area contributed by atoms with Crippen LogP contribution in [0.3, 0.4) is 0 Å². The first-order valence-corrected chi connectivity index (χ1v) is 5.66. The first-order chi connectivity index (χ1) is 5.27. The zero-order chi connectivity index (χ0) is 8.53. The van der Waals surface area contributed by atoms with Gasteiger partial charge < -0.3 is 5.32 Å². The highest BCUT2D eigenvalue weighted by molar-refractivity contribution is 9.09. The molecule has 0 rings (SSSR count). The number of halogens is 1. The summed E-state index contributed by atoms with van der Waals surface area (Å²) in [5, 5.41) is 4.57. The van der Waals surface area contributed by atoms with Crippen molar-refractivity contribution in [2.24, 2.45) is 5.92 Å². The van der Waals surface area contributed by atoms with Crippen molar-refractivity contribution in [2.75, 3.05) is 18.4 Å². The van der Waals surface area contributed by atoms with Crippen LogP contribution in [0.1, 0.15) is 33.1 Å². The Hall–Kier alpha value is 0.440. The third kappa shape index (κ3) is 10.4. The van der Waals surface area contributed by atoms with Crippen molar-refractivity contribution in [3.63, 3.8) is 0 Å². The number of alkyl halides is 1. The molecular weight excluding hydrogens is 202 g/mol. The van der Waals surface area contributed by atoms with E-state index >= 15 is 0 Å². The Balaban J connectivity index is 2.80. The second-order valence-corrected chi connectivity index (χ2v) is 4.12. The number of nitrogens with one attached hydrogen (secondary N) is 1. The molecule has 0 bridgehead atoms. The molecule has 2 heteroatoms. The molecule has 0 saturated carbocycles. The van der Waals surface area contributed by atoms with E-state index in [0.29, 0.717) is 0 Å². The summed E-state index contributed by atoms with van der Waals surface area (Å²) in [4.78, 5) is 0. The van der Waals surface area contributed by atoms with Crippen LogP contribution >= 0.6 is 15.9 Å². The quantitative estimate of drug-likeness (QED) is 0.516. The molecule has 0 aromatic carbocycles. The summed E-state index contributed by atoms with van der Waals surface area (Å²) in [5.41, 5.74) is 0. The second kappa shape index (κ2) is 8.54. The van der Waals surface area contributed by atoms with Gasteiger partial charge >= 0.3 is 0 Å². The van der Waals surface area contributed by atoms with E-state index in [4.69, 9.17) is 0 Å². The molecule has 1 N–H and O–H groups in total. The molecule has 0 spiro atoms. The first kappa shape index (κ1) is 11.4. The SMILES string of the molecule is CC(C)CCNCCCCBr. The van der Waals surface area contributed by atoms with E-state index in [2.05, 4.69) is 35.1 Å². The molecule has 0 aliphatic heterocycles. The summed E-state index contributed by atoms with van der Waals surface area (Å²) < 4.78 is 0. The standard InChI is InChI=1S/C9H20BrN/c1-9(2)5-8-11-7-4-3-6-10/h9,11H,3-8H2,1-2H3. The minimum atomic E-state index is 0.832. The van der Waals surface area contributed by atoms with Crippen molar-refractivity contribution in [2.45, 2.75) is 33.1 Å². The number of rotatable bonds is 7. The summed E-state index contributed by atoms with van der Waals surface area (Å²) >= 11 is 3.41. The Morgan fingerprint density at radius 2 is 1.91 bits per heavy atom. The Morgan fingerprint density at radius 1 is 1.18 bits per heavy atom. The molecule has 0 fully saturated rings. The van der Waals surface area contributed by atoms with Crippen LogP contribution in [-0.4, -0.2) is 18.4 Å². The molecule has 0 aliphatic carbocycles. The zero-order valence-corrected chi connectivity index (χ0v) is 9.28. The van der Waals surface area contributed by atoms with Crippen molar-refractivity contribution in [1.82, 2.24) is 5.32 Å². The van der Waals surface area contributed by atoms with E-state index in [-0.39, 0.29) is 0 Å². The smallest absolute Gasteiger partial charge is 0.00317 e. The van der Waals surface area contributed by atoms with Crippen molar-refractivity contribution in [3.8, 4) is 0 Å². The molecule has 0 saturated heterocycles. The maximum absolute atomic E-state index is 3.43. The fourth-order valence-corrected chi connectivity index (χ4v) is 1.26. The Bertz CT molecular complexity index is 74.0. The molecule has 0 aromatic rings. The van der Waals surface area contributed by atoms with Crippen LogP contribution in [-0.2, 0) is 0 Å². The summed E-state index contributed by atoms with van der Waals surface area (Å²) in [5.74, 6) is 0.832. The molecule has 68 valence electrons. The van der Waals surface area contributed by atoms with E-state index in [1.54, 1.807) is 0 Å². The molecule has 0 radical (unpaired) electrons. The van der Waals surface area contributed by atoms with Gasteiger partial charge in [0.2, 0.25) is 0 Å². The van der Waals surface area contributed by atoms with Crippen LogP contribution in [0.25, 0.3) is 0 Å². The van der Waals surface area contributed by atoms with Crippen molar-refractivity contribution < 1.29 is 0 Å². The van der Waals surface area contributed by atoms with Crippen molar-refractivity contribution in [3.05, 3.63) is 0 Å². The fourth-order valence-electron chi connectivity index (χ4n) is 0.860. The molecule has 0 heterocycles. The van der Waals surface area contributed by atoms with E-state index in [1.807, 2.05) is 0 Å². The molecule has 0 amide bonds. The highest BCUT2D eigenvalue weighted by atomic mass is 79.9. The summed E-state index contributed by atoms with van der Waals surface area (Å²) in [6, 6.07) is 0. The van der Waals surface area contributed by atoms with Gasteiger partial charge in [-0.2, -0.15) is 0 Å². The van der Waals surface area contributed by atoms with Gasteiger partial charge in [-0.15, -0.1) is 0 Å². The van der Waals surface area contributed by atoms with E-state index in [1.165, 1.54) is 32.4 Å². The molecule has 0 aliphatic rings. The maximum atomic E-state index is 3.43. The van der Waals surface area contributed by atoms with E-state index in [0.717, 1.165) is 11.2 Å². The monoisotopic (exact) mass is 221 g/mol. The minimum absolute atomic E-state index is 0.832. The second-order valence-electron chi connectivity index (χ2n) is 3.33. The topological polar surface area (TPSA) is 12.0 Å². The number of hydrogen-bond acceptors (Lipinski definition) is 1. The first-order valence-electron chi connectivity index (χ1n) is 4.54. The Morgan fingerprint density at radius 3 is 2.45 bits per heavy atom. The third-order valence-electron chi connectivity index (χ3n) is 1.64. The van der Waals surface area contributed by atoms with Gasteiger partial charge in [0, 0.05) is 5.33 Å². The fraction of sp³-hybridized carbons (Fsp3) is 1.00. The van der Waals surface area contributed by atoms with Crippen LogP contribution in [0.4, 0.5) is 0 Å². The van der Waals surface area contributed by atoms with E-state index < -0.39 is 0 Å². The lowest BCUT2D eigenvalue weighted by atomic mass is 10.1. The van der Waals surface area contributed by atoms with Crippen LogP contribution in [0.5, 0.6) is 0 Å². The summed E-state index contributed by atoms with van der Waals surface area (Å²) in [6.45, 7) is 6.89. The Labute approximate surface area is 79.1 Å². The molecule has 1 nitrogen and oxygen atoms in total. The van der Waals surface area contributed by atoms with Crippen LogP contribution in [0.2, 0.25) is 0 Å². The molecule has 11 heavy (non-hydrogen) atoms. The van der Waals surface area contributed by atoms with Crippen LogP contribution in [0.15, 0.2) is 0 Å². The number of hydrogen-bond donors (Lipinski definition) is 1. The predicted molar refractivity (Wildman–Crippen MR) is 55.4 cm³/mol. The van der Waals surface area contributed by atoms with E-state index in [9.17, 15) is 0 Å². The predicted octanol–water partition coefficient (Wildman–Crippen LogP) is 2.80. The van der Waals surface area contributed by atoms with Gasteiger partial charge in [-0.05, 0) is 38.3 Å². The lowest BCUT2D eigenvalue weighted by Crippen LogP contribution is -2.18. The zero-order valence-electron chi connectivity index (χ0n) is 7.70. The highest BCUT2D eigenvalue weighted by Crippen LogP contribution is 1.96. The summed E-state index contributed by atoms with van der Waals surface area (Å²) in [7, 11) is 0. The summed E-state index contributed by atoms with van der Waals surface area (Å²) in [6.07, 6.45) is 3.88. The molecule has 0 aromatic heterocycles. The molecule has 0 atom stereocenters. The lowest BCUT2D eigenvalue weighted by molar-refractivity contribution is 0.531. The number of unbranched alkanes of at least 4 members (excludes halogenated alkanes) is 1. The van der Waals surface area contributed by atoms with Crippen molar-refractivity contribution >= 4 is 15.9 Å². The van der Waals surface area contributed by atoms with Gasteiger partial charge in [-0.25, -0.2) is 0 Å². The van der Waals surface area contributed by atoms with Gasteiger partial charge in [0.25, 0.3) is 0 Å². The minimum Gasteiger partial charge on any atom is -0.317 e. The lowest BCUT2D eigenvalue weighted by Gasteiger charge is -2.05. The van der Waals surface area contributed by atoms with Crippen molar-refractivity contribution in [1.29, 1.82) is 0 Å². The molecule has 0 unspecified atom stereocenters. The normalized spacial score (nSPS) is 10.9. The van der Waals surface area contributed by atoms with Crippen LogP contribution < -0.4 is 5.32 Å². The Kier molecular flexibility index (Phi) is 8.88. The van der Waals surface area contributed by atoms with Gasteiger partial charge in [0.05, 0.1) is 0 Å². The highest BCUT2D eigenvalue weighted by Gasteiger charge is 1.92. The molecular formula is C9H20BrN. The van der Waals surface area contributed by atoms with Gasteiger partial charge in [-0.3, -0.25) is 0 Å². The largest absolute Gasteiger partial charge is 0.317 e. The van der Waals surface area contributed by atoms with Gasteiger partial charge in [-0.1, -0.05) is 29.8 Å². The average molecular weight is 222 g/mol.